The van der Waals surface area contributed by atoms with Crippen LogP contribution in [0.4, 0.5) is 4.39 Å². The van der Waals surface area contributed by atoms with Crippen LogP contribution in [0.25, 0.3) is 0 Å². The van der Waals surface area contributed by atoms with Crippen LogP contribution in [0.3, 0.4) is 0 Å². The van der Waals surface area contributed by atoms with Gasteiger partial charge in [0.2, 0.25) is 0 Å². The van der Waals surface area contributed by atoms with E-state index in [0.29, 0.717) is 21.5 Å². The summed E-state index contributed by atoms with van der Waals surface area (Å²) in [6.07, 6.45) is -1.12. The first-order valence-electron chi connectivity index (χ1n) is 6.34. The number of aliphatic hydroxyl groups excluding tert-OH is 1. The lowest BCUT2D eigenvalue weighted by atomic mass is 9.98. The van der Waals surface area contributed by atoms with Crippen LogP contribution in [0.1, 0.15) is 22.8 Å². The number of aliphatic hydroxyl groups is 1. The second-order valence-electron chi connectivity index (χ2n) is 4.63. The molecule has 21 heavy (non-hydrogen) atoms. The van der Waals surface area contributed by atoms with Gasteiger partial charge < -0.3 is 14.6 Å². The number of hydrogen-bond acceptors (Lipinski definition) is 3. The first-order valence-corrected chi connectivity index (χ1v) is 7.13. The van der Waals surface area contributed by atoms with Crippen LogP contribution in [0, 0.1) is 12.7 Å². The lowest BCUT2D eigenvalue weighted by Crippen LogP contribution is -2.06. The molecule has 0 amide bonds. The molecule has 1 N–H and O–H groups in total. The van der Waals surface area contributed by atoms with Gasteiger partial charge in [0.15, 0.2) is 0 Å². The third kappa shape index (κ3) is 3.04. The number of hydrogen-bond donors (Lipinski definition) is 1. The van der Waals surface area contributed by atoms with E-state index in [9.17, 15) is 9.50 Å². The highest BCUT2D eigenvalue weighted by atomic mass is 79.9. The third-order valence-corrected chi connectivity index (χ3v) is 4.01. The van der Waals surface area contributed by atoms with Crippen molar-refractivity contribution >= 4 is 15.9 Å². The third-order valence-electron chi connectivity index (χ3n) is 3.26. The van der Waals surface area contributed by atoms with Gasteiger partial charge in [0.05, 0.1) is 14.2 Å². The summed E-state index contributed by atoms with van der Waals surface area (Å²) in [5, 5.41) is 10.5. The second kappa shape index (κ2) is 6.45. The van der Waals surface area contributed by atoms with Gasteiger partial charge in [0, 0.05) is 11.1 Å². The van der Waals surface area contributed by atoms with Gasteiger partial charge in [-0.1, -0.05) is 17.7 Å². The van der Waals surface area contributed by atoms with Crippen molar-refractivity contribution in [3.05, 3.63) is 57.3 Å². The molecule has 112 valence electrons. The van der Waals surface area contributed by atoms with Crippen molar-refractivity contribution in [2.24, 2.45) is 0 Å². The zero-order valence-corrected chi connectivity index (χ0v) is 13.6. The largest absolute Gasteiger partial charge is 0.495 e. The van der Waals surface area contributed by atoms with Crippen molar-refractivity contribution in [2.75, 3.05) is 14.2 Å². The van der Waals surface area contributed by atoms with E-state index >= 15 is 0 Å². The highest BCUT2D eigenvalue weighted by Crippen LogP contribution is 2.41. The molecule has 0 bridgehead atoms. The fourth-order valence-corrected chi connectivity index (χ4v) is 2.86. The molecule has 5 heteroatoms. The monoisotopic (exact) mass is 354 g/mol. The van der Waals surface area contributed by atoms with Crippen LogP contribution in [-0.2, 0) is 0 Å². The average Bonchev–Trinajstić information content (AvgIpc) is 2.48. The van der Waals surface area contributed by atoms with Gasteiger partial charge in [-0.25, -0.2) is 4.39 Å². The molecular weight excluding hydrogens is 339 g/mol. The van der Waals surface area contributed by atoms with E-state index in [0.717, 1.165) is 5.56 Å². The van der Waals surface area contributed by atoms with Gasteiger partial charge in [-0.05, 0) is 41.1 Å². The SMILES string of the molecule is COc1ccc(C(O)c2cc(C)ccc2F)c(OC)c1Br. The van der Waals surface area contributed by atoms with Gasteiger partial charge in [0.25, 0.3) is 0 Å². The van der Waals surface area contributed by atoms with Crippen LogP contribution in [0.15, 0.2) is 34.8 Å². The Morgan fingerprint density at radius 1 is 1.10 bits per heavy atom. The fraction of sp³-hybridized carbons (Fsp3) is 0.250. The molecule has 2 rings (SSSR count). The fourth-order valence-electron chi connectivity index (χ4n) is 2.17. The average molecular weight is 355 g/mol. The smallest absolute Gasteiger partial charge is 0.142 e. The summed E-state index contributed by atoms with van der Waals surface area (Å²) < 4.78 is 25.0. The quantitative estimate of drug-likeness (QED) is 0.901. The molecule has 0 aliphatic heterocycles. The van der Waals surface area contributed by atoms with Gasteiger partial charge in [0.1, 0.15) is 27.9 Å². The summed E-state index contributed by atoms with van der Waals surface area (Å²) in [4.78, 5) is 0. The molecule has 0 radical (unpaired) electrons. The molecule has 2 aromatic rings. The van der Waals surface area contributed by atoms with Crippen LogP contribution in [0.5, 0.6) is 11.5 Å². The molecule has 0 aliphatic rings. The number of aryl methyl sites for hydroxylation is 1. The lowest BCUT2D eigenvalue weighted by molar-refractivity contribution is 0.209. The molecule has 0 aliphatic carbocycles. The molecular formula is C16H16BrFO3. The summed E-state index contributed by atoms with van der Waals surface area (Å²) in [6, 6.07) is 7.98. The number of rotatable bonds is 4. The predicted octanol–water partition coefficient (Wildman–Crippen LogP) is 4.00. The Morgan fingerprint density at radius 2 is 1.81 bits per heavy atom. The Balaban J connectivity index is 2.55. The number of benzene rings is 2. The van der Waals surface area contributed by atoms with E-state index in [1.165, 1.54) is 20.3 Å². The molecule has 1 atom stereocenters. The maximum Gasteiger partial charge on any atom is 0.142 e. The van der Waals surface area contributed by atoms with Crippen molar-refractivity contribution in [1.82, 2.24) is 0 Å². The van der Waals surface area contributed by atoms with Gasteiger partial charge in [-0.3, -0.25) is 0 Å². The van der Waals surface area contributed by atoms with E-state index < -0.39 is 11.9 Å². The van der Waals surface area contributed by atoms with Crippen LogP contribution < -0.4 is 9.47 Å². The van der Waals surface area contributed by atoms with E-state index in [-0.39, 0.29) is 5.56 Å². The lowest BCUT2D eigenvalue weighted by Gasteiger charge is -2.18. The minimum atomic E-state index is -1.12. The van der Waals surface area contributed by atoms with Crippen molar-refractivity contribution < 1.29 is 19.0 Å². The van der Waals surface area contributed by atoms with E-state index in [2.05, 4.69) is 15.9 Å². The maximum absolute atomic E-state index is 14.0. The Kier molecular flexibility index (Phi) is 4.85. The highest BCUT2D eigenvalue weighted by Gasteiger charge is 2.22. The van der Waals surface area contributed by atoms with E-state index in [4.69, 9.17) is 9.47 Å². The van der Waals surface area contributed by atoms with Crippen molar-refractivity contribution in [1.29, 1.82) is 0 Å². The van der Waals surface area contributed by atoms with Gasteiger partial charge in [-0.2, -0.15) is 0 Å². The number of halogens is 2. The van der Waals surface area contributed by atoms with Crippen LogP contribution in [-0.4, -0.2) is 19.3 Å². The molecule has 0 spiro atoms. The topological polar surface area (TPSA) is 38.7 Å². The summed E-state index contributed by atoms with van der Waals surface area (Å²) >= 11 is 3.37. The summed E-state index contributed by atoms with van der Waals surface area (Å²) in [7, 11) is 3.03. The molecule has 0 heterocycles. The van der Waals surface area contributed by atoms with Crippen LogP contribution in [0.2, 0.25) is 0 Å². The molecule has 3 nitrogen and oxygen atoms in total. The van der Waals surface area contributed by atoms with Crippen molar-refractivity contribution in [2.45, 2.75) is 13.0 Å². The second-order valence-corrected chi connectivity index (χ2v) is 5.42. The van der Waals surface area contributed by atoms with E-state index in [1.807, 2.05) is 6.92 Å². The zero-order valence-electron chi connectivity index (χ0n) is 12.0. The molecule has 0 saturated heterocycles. The summed E-state index contributed by atoms with van der Waals surface area (Å²) in [5.41, 5.74) is 1.55. The first kappa shape index (κ1) is 15.8. The Morgan fingerprint density at radius 3 is 2.43 bits per heavy atom. The molecule has 2 aromatic carbocycles. The minimum Gasteiger partial charge on any atom is -0.495 e. The minimum absolute atomic E-state index is 0.213. The van der Waals surface area contributed by atoms with Gasteiger partial charge >= 0.3 is 0 Å². The van der Waals surface area contributed by atoms with Crippen molar-refractivity contribution in [3.8, 4) is 11.5 Å². The summed E-state index contributed by atoms with van der Waals surface area (Å²) in [5.74, 6) is 0.539. The molecule has 0 fully saturated rings. The normalized spacial score (nSPS) is 12.1. The first-order chi connectivity index (χ1) is 9.99. The zero-order chi connectivity index (χ0) is 15.6. The highest BCUT2D eigenvalue weighted by molar-refractivity contribution is 9.10. The van der Waals surface area contributed by atoms with E-state index in [1.54, 1.807) is 24.3 Å². The van der Waals surface area contributed by atoms with Crippen molar-refractivity contribution in [3.63, 3.8) is 0 Å². The molecule has 0 aromatic heterocycles. The Hall–Kier alpha value is -1.59. The molecule has 0 saturated carbocycles. The van der Waals surface area contributed by atoms with Crippen LogP contribution >= 0.6 is 15.9 Å². The summed E-state index contributed by atoms with van der Waals surface area (Å²) in [6.45, 7) is 1.84. The standard InChI is InChI=1S/C16H16BrFO3/c1-9-4-6-12(18)11(8-9)15(19)10-5-7-13(20-2)14(17)16(10)21-3/h4-8,15,19H,1-3H3. The molecule has 1 unspecified atom stereocenters. The Labute approximate surface area is 131 Å². The number of methoxy groups -OCH3 is 2. The number of ether oxygens (including phenoxy) is 2. The predicted molar refractivity (Wildman–Crippen MR) is 82.4 cm³/mol. The van der Waals surface area contributed by atoms with Gasteiger partial charge in [-0.15, -0.1) is 0 Å². The maximum atomic E-state index is 14.0. The Bertz CT molecular complexity index is 658.